The molecular formula is C14H23N5O2S. The van der Waals surface area contributed by atoms with Crippen molar-refractivity contribution in [2.24, 2.45) is 0 Å². The molecule has 0 aromatic carbocycles. The molecule has 0 N–H and O–H groups in total. The van der Waals surface area contributed by atoms with Crippen molar-refractivity contribution >= 4 is 10.0 Å². The fourth-order valence-corrected chi connectivity index (χ4v) is 4.98. The van der Waals surface area contributed by atoms with Crippen molar-refractivity contribution in [3.05, 3.63) is 11.9 Å². The van der Waals surface area contributed by atoms with Crippen molar-refractivity contribution < 1.29 is 8.42 Å². The van der Waals surface area contributed by atoms with Crippen LogP contribution in [0.15, 0.2) is 6.20 Å². The van der Waals surface area contributed by atoms with Crippen LogP contribution in [0.1, 0.15) is 43.3 Å². The molecule has 122 valence electrons. The van der Waals surface area contributed by atoms with Gasteiger partial charge in [-0.3, -0.25) is 4.90 Å². The predicted molar refractivity (Wildman–Crippen MR) is 82.1 cm³/mol. The lowest BCUT2D eigenvalue weighted by atomic mass is 10.2. The van der Waals surface area contributed by atoms with Gasteiger partial charge in [-0.2, -0.15) is 0 Å². The van der Waals surface area contributed by atoms with Gasteiger partial charge in [0.05, 0.1) is 17.5 Å². The van der Waals surface area contributed by atoms with Gasteiger partial charge in [-0.15, -0.1) is 5.10 Å². The highest BCUT2D eigenvalue weighted by Gasteiger charge is 2.31. The summed E-state index contributed by atoms with van der Waals surface area (Å²) in [7, 11) is -2.96. The molecule has 0 spiro atoms. The van der Waals surface area contributed by atoms with Gasteiger partial charge in [0.15, 0.2) is 0 Å². The van der Waals surface area contributed by atoms with Gasteiger partial charge in [-0.1, -0.05) is 5.21 Å². The molecule has 8 heteroatoms. The van der Waals surface area contributed by atoms with Crippen LogP contribution in [0, 0.1) is 0 Å². The molecule has 3 aliphatic rings. The van der Waals surface area contributed by atoms with E-state index in [1.807, 2.05) is 4.68 Å². The van der Waals surface area contributed by atoms with E-state index in [2.05, 4.69) is 21.4 Å². The van der Waals surface area contributed by atoms with Gasteiger partial charge in [0.25, 0.3) is 0 Å². The molecule has 2 aliphatic heterocycles. The maximum Gasteiger partial charge on any atom is 0.214 e. The lowest BCUT2D eigenvalue weighted by Gasteiger charge is -2.20. The van der Waals surface area contributed by atoms with E-state index in [9.17, 15) is 8.42 Å². The summed E-state index contributed by atoms with van der Waals surface area (Å²) in [6.45, 7) is 4.09. The molecule has 4 rings (SSSR count). The molecule has 2 saturated heterocycles. The van der Waals surface area contributed by atoms with E-state index in [1.165, 1.54) is 12.8 Å². The molecule has 3 fully saturated rings. The smallest absolute Gasteiger partial charge is 0.214 e. The van der Waals surface area contributed by atoms with E-state index in [0.29, 0.717) is 30.8 Å². The Kier molecular flexibility index (Phi) is 3.70. The number of rotatable bonds is 5. The molecule has 1 aromatic rings. The maximum absolute atomic E-state index is 11.8. The van der Waals surface area contributed by atoms with Gasteiger partial charge < -0.3 is 0 Å². The normalized spacial score (nSPS) is 29.4. The lowest BCUT2D eigenvalue weighted by Crippen LogP contribution is -2.35. The second-order valence-electron chi connectivity index (χ2n) is 6.71. The molecule has 0 radical (unpaired) electrons. The molecule has 3 heterocycles. The van der Waals surface area contributed by atoms with Crippen molar-refractivity contribution in [1.29, 1.82) is 0 Å². The molecular weight excluding hydrogens is 302 g/mol. The highest BCUT2D eigenvalue weighted by Crippen LogP contribution is 2.39. The fraction of sp³-hybridized carbons (Fsp3) is 0.857. The van der Waals surface area contributed by atoms with Gasteiger partial charge in [0.2, 0.25) is 10.0 Å². The number of sulfonamides is 1. The molecule has 1 atom stereocenters. The number of hydrogen-bond acceptors (Lipinski definition) is 5. The third-order valence-corrected chi connectivity index (χ3v) is 6.97. The van der Waals surface area contributed by atoms with Crippen molar-refractivity contribution in [2.45, 2.75) is 37.6 Å². The second kappa shape index (κ2) is 5.58. The monoisotopic (exact) mass is 325 g/mol. The average molecular weight is 325 g/mol. The van der Waals surface area contributed by atoms with E-state index in [1.54, 1.807) is 4.31 Å². The number of nitrogens with zero attached hydrogens (tertiary/aromatic N) is 5. The lowest BCUT2D eigenvalue weighted by molar-refractivity contribution is 0.288. The standard InChI is InChI=1S/C14H23N5O2S/c20-22(21)9-1-5-18(22)8-7-17-6-4-13(10-17)19-11-14(15-16-19)12-2-3-12/h11-13H,1-10H2. The Bertz CT molecular complexity index is 639. The average Bonchev–Trinajstić information content (AvgIpc) is 2.92. The first kappa shape index (κ1) is 14.6. The van der Waals surface area contributed by atoms with Gasteiger partial charge >= 0.3 is 0 Å². The fourth-order valence-electron chi connectivity index (χ4n) is 3.46. The Morgan fingerprint density at radius 3 is 2.77 bits per heavy atom. The Balaban J connectivity index is 1.30. The Morgan fingerprint density at radius 1 is 1.18 bits per heavy atom. The van der Waals surface area contributed by atoms with Crippen LogP contribution < -0.4 is 0 Å². The van der Waals surface area contributed by atoms with Crippen LogP contribution >= 0.6 is 0 Å². The minimum atomic E-state index is -2.96. The number of likely N-dealkylation sites (tertiary alicyclic amines) is 1. The maximum atomic E-state index is 11.8. The van der Waals surface area contributed by atoms with Crippen molar-refractivity contribution in [2.75, 3.05) is 38.5 Å². The Hall–Kier alpha value is -0.990. The SMILES string of the molecule is O=S1(=O)CCCN1CCN1CCC(n2cc(C3CC3)nn2)C1. The molecule has 1 aromatic heterocycles. The van der Waals surface area contributed by atoms with Crippen LogP contribution in [0.3, 0.4) is 0 Å². The molecule has 1 saturated carbocycles. The zero-order chi connectivity index (χ0) is 15.2. The number of hydrogen-bond donors (Lipinski definition) is 0. The van der Waals surface area contributed by atoms with Crippen molar-refractivity contribution in [1.82, 2.24) is 24.2 Å². The first-order valence-electron chi connectivity index (χ1n) is 8.24. The summed E-state index contributed by atoms with van der Waals surface area (Å²) in [5.41, 5.74) is 1.14. The molecule has 7 nitrogen and oxygen atoms in total. The third-order valence-electron chi connectivity index (χ3n) is 5.01. The van der Waals surface area contributed by atoms with E-state index < -0.39 is 10.0 Å². The topological polar surface area (TPSA) is 71.3 Å². The quantitative estimate of drug-likeness (QED) is 0.785. The highest BCUT2D eigenvalue weighted by molar-refractivity contribution is 7.89. The van der Waals surface area contributed by atoms with Crippen LogP contribution in [0.2, 0.25) is 0 Å². The summed E-state index contributed by atoms with van der Waals surface area (Å²) in [5.74, 6) is 0.963. The van der Waals surface area contributed by atoms with E-state index in [4.69, 9.17) is 0 Å². The van der Waals surface area contributed by atoms with Crippen molar-refractivity contribution in [3.63, 3.8) is 0 Å². The van der Waals surface area contributed by atoms with Crippen LogP contribution in [0.25, 0.3) is 0 Å². The van der Waals surface area contributed by atoms with E-state index in [-0.39, 0.29) is 0 Å². The molecule has 22 heavy (non-hydrogen) atoms. The van der Waals surface area contributed by atoms with Gasteiger partial charge in [-0.05, 0) is 25.7 Å². The summed E-state index contributed by atoms with van der Waals surface area (Å²) in [4.78, 5) is 2.34. The first-order valence-corrected chi connectivity index (χ1v) is 9.85. The van der Waals surface area contributed by atoms with E-state index in [0.717, 1.165) is 38.2 Å². The summed E-state index contributed by atoms with van der Waals surface area (Å²) in [6, 6.07) is 0.384. The summed E-state index contributed by atoms with van der Waals surface area (Å²) in [6.07, 6.45) is 6.45. The summed E-state index contributed by atoms with van der Waals surface area (Å²) >= 11 is 0. The minimum absolute atomic E-state index is 0.318. The van der Waals surface area contributed by atoms with Crippen LogP contribution in [-0.4, -0.2) is 71.1 Å². The Morgan fingerprint density at radius 2 is 2.05 bits per heavy atom. The van der Waals surface area contributed by atoms with Gasteiger partial charge in [0.1, 0.15) is 0 Å². The largest absolute Gasteiger partial charge is 0.300 e. The Labute approximate surface area is 131 Å². The van der Waals surface area contributed by atoms with E-state index >= 15 is 0 Å². The van der Waals surface area contributed by atoms with Crippen LogP contribution in [-0.2, 0) is 10.0 Å². The highest BCUT2D eigenvalue weighted by atomic mass is 32.2. The summed E-state index contributed by atoms with van der Waals surface area (Å²) in [5, 5.41) is 8.57. The molecule has 1 unspecified atom stereocenters. The van der Waals surface area contributed by atoms with Crippen LogP contribution in [0.4, 0.5) is 0 Å². The van der Waals surface area contributed by atoms with Crippen LogP contribution in [0.5, 0.6) is 0 Å². The van der Waals surface area contributed by atoms with Gasteiger partial charge in [0, 0.05) is 44.8 Å². The zero-order valence-electron chi connectivity index (χ0n) is 12.8. The predicted octanol–water partition coefficient (Wildman–Crippen LogP) is 0.438. The molecule has 1 aliphatic carbocycles. The minimum Gasteiger partial charge on any atom is -0.300 e. The van der Waals surface area contributed by atoms with Crippen molar-refractivity contribution in [3.8, 4) is 0 Å². The first-order chi connectivity index (χ1) is 10.6. The summed E-state index contributed by atoms with van der Waals surface area (Å²) < 4.78 is 27.3. The molecule has 0 amide bonds. The zero-order valence-corrected chi connectivity index (χ0v) is 13.6. The molecule has 0 bridgehead atoms. The number of aromatic nitrogens is 3. The third kappa shape index (κ3) is 2.91. The second-order valence-corrected chi connectivity index (χ2v) is 8.80. The van der Waals surface area contributed by atoms with Gasteiger partial charge in [-0.25, -0.2) is 17.4 Å².